The van der Waals surface area contributed by atoms with Crippen molar-refractivity contribution in [2.24, 2.45) is 0 Å². The summed E-state index contributed by atoms with van der Waals surface area (Å²) in [5.41, 5.74) is 0.408. The lowest BCUT2D eigenvalue weighted by Crippen LogP contribution is -2.32. The molecular formula is C18H18F3N9O2. The van der Waals surface area contributed by atoms with Gasteiger partial charge in [-0.3, -0.25) is 14.0 Å². The van der Waals surface area contributed by atoms with Gasteiger partial charge in [0.25, 0.3) is 5.56 Å². The standard InChI is InChI=1S/C18H18F3N9O2/c1-10(2)16-27-29(7-15(31)24-11-3-4-14-25-23-9-28(14)6-11)17(32)12-5-13(26-30(12)16)22-8-18(19,20)21/h3-6,9-10H,7-8H2,1-2H3,(H,22,26)(H,24,31). The number of hydrogen-bond donors (Lipinski definition) is 2. The van der Waals surface area contributed by atoms with E-state index in [0.29, 0.717) is 17.2 Å². The van der Waals surface area contributed by atoms with Gasteiger partial charge in [-0.05, 0) is 12.1 Å². The van der Waals surface area contributed by atoms with Crippen molar-refractivity contribution in [2.75, 3.05) is 17.2 Å². The quantitative estimate of drug-likeness (QED) is 0.459. The molecule has 1 amide bonds. The van der Waals surface area contributed by atoms with Crippen LogP contribution in [0.3, 0.4) is 0 Å². The molecule has 4 heterocycles. The number of fused-ring (bicyclic) bond motifs is 2. The van der Waals surface area contributed by atoms with Crippen LogP contribution in [0.4, 0.5) is 24.7 Å². The molecule has 0 atom stereocenters. The zero-order chi connectivity index (χ0) is 23.0. The van der Waals surface area contributed by atoms with Crippen molar-refractivity contribution in [3.05, 3.63) is 46.9 Å². The molecule has 4 aromatic rings. The molecule has 0 fully saturated rings. The van der Waals surface area contributed by atoms with Gasteiger partial charge in [0, 0.05) is 18.2 Å². The van der Waals surface area contributed by atoms with Crippen LogP contribution in [0.1, 0.15) is 25.6 Å². The molecule has 0 saturated carbocycles. The van der Waals surface area contributed by atoms with Crippen molar-refractivity contribution < 1.29 is 18.0 Å². The zero-order valence-electron chi connectivity index (χ0n) is 17.0. The van der Waals surface area contributed by atoms with E-state index in [1.165, 1.54) is 16.9 Å². The molecule has 0 unspecified atom stereocenters. The molecule has 0 aliphatic rings. The van der Waals surface area contributed by atoms with E-state index in [1.54, 1.807) is 36.6 Å². The summed E-state index contributed by atoms with van der Waals surface area (Å²) in [7, 11) is 0. The number of halogens is 3. The molecule has 0 aliphatic heterocycles. The summed E-state index contributed by atoms with van der Waals surface area (Å²) in [5.74, 6) is -0.536. The molecule has 168 valence electrons. The molecule has 0 bridgehead atoms. The van der Waals surface area contributed by atoms with Gasteiger partial charge in [0.15, 0.2) is 11.5 Å². The third kappa shape index (κ3) is 4.38. The second kappa shape index (κ2) is 7.94. The van der Waals surface area contributed by atoms with Crippen molar-refractivity contribution in [2.45, 2.75) is 32.5 Å². The Morgan fingerprint density at radius 1 is 1.22 bits per heavy atom. The molecule has 32 heavy (non-hydrogen) atoms. The van der Waals surface area contributed by atoms with Crippen LogP contribution in [-0.2, 0) is 11.3 Å². The minimum absolute atomic E-state index is 0.00656. The molecule has 2 N–H and O–H groups in total. The van der Waals surface area contributed by atoms with E-state index in [1.807, 2.05) is 0 Å². The van der Waals surface area contributed by atoms with E-state index in [9.17, 15) is 22.8 Å². The average Bonchev–Trinajstić information content (AvgIpc) is 3.34. The Bertz CT molecular complexity index is 1350. The number of carbonyl (C=O) groups is 1. The lowest BCUT2D eigenvalue weighted by Gasteiger charge is -2.12. The minimum atomic E-state index is -4.44. The predicted molar refractivity (Wildman–Crippen MR) is 107 cm³/mol. The van der Waals surface area contributed by atoms with Gasteiger partial charge in [-0.1, -0.05) is 13.8 Å². The Morgan fingerprint density at radius 2 is 2.00 bits per heavy atom. The Kier molecular flexibility index (Phi) is 5.28. The Morgan fingerprint density at radius 3 is 2.72 bits per heavy atom. The molecule has 14 heteroatoms. The second-order valence-electron chi connectivity index (χ2n) is 7.33. The van der Waals surface area contributed by atoms with Gasteiger partial charge in [0.05, 0.1) is 5.69 Å². The van der Waals surface area contributed by atoms with Crippen LogP contribution in [0.5, 0.6) is 0 Å². The number of amides is 1. The van der Waals surface area contributed by atoms with E-state index in [4.69, 9.17) is 0 Å². The van der Waals surface area contributed by atoms with E-state index in [0.717, 1.165) is 4.68 Å². The molecule has 0 aliphatic carbocycles. The van der Waals surface area contributed by atoms with Crippen LogP contribution in [0.25, 0.3) is 11.2 Å². The highest BCUT2D eigenvalue weighted by atomic mass is 19.4. The van der Waals surface area contributed by atoms with Crippen LogP contribution >= 0.6 is 0 Å². The van der Waals surface area contributed by atoms with Crippen molar-refractivity contribution in [3.8, 4) is 0 Å². The van der Waals surface area contributed by atoms with Crippen molar-refractivity contribution in [3.63, 3.8) is 0 Å². The largest absolute Gasteiger partial charge is 0.405 e. The monoisotopic (exact) mass is 449 g/mol. The smallest absolute Gasteiger partial charge is 0.360 e. The SMILES string of the molecule is CC(C)c1nn(CC(=O)Nc2ccc3nncn3c2)c(=O)c2cc(NCC(F)(F)F)nn12. The maximum atomic E-state index is 12.8. The summed E-state index contributed by atoms with van der Waals surface area (Å²) >= 11 is 0. The third-order valence-corrected chi connectivity index (χ3v) is 4.46. The van der Waals surface area contributed by atoms with Crippen LogP contribution in [0.2, 0.25) is 0 Å². The van der Waals surface area contributed by atoms with Crippen LogP contribution in [-0.4, -0.2) is 52.6 Å². The topological polar surface area (TPSA) is 124 Å². The van der Waals surface area contributed by atoms with Gasteiger partial charge in [-0.2, -0.15) is 18.3 Å². The molecule has 0 saturated heterocycles. The number of rotatable bonds is 6. The Labute approximate surface area is 177 Å². The highest BCUT2D eigenvalue weighted by Gasteiger charge is 2.27. The fourth-order valence-electron chi connectivity index (χ4n) is 3.03. The summed E-state index contributed by atoms with van der Waals surface area (Å²) in [6.45, 7) is 1.88. The molecule has 0 radical (unpaired) electrons. The van der Waals surface area contributed by atoms with E-state index >= 15 is 0 Å². The first-order valence-electron chi connectivity index (χ1n) is 9.51. The lowest BCUT2D eigenvalue weighted by atomic mass is 10.2. The highest BCUT2D eigenvalue weighted by Crippen LogP contribution is 2.18. The number of carbonyl (C=O) groups excluding carboxylic acids is 1. The first-order chi connectivity index (χ1) is 15.1. The zero-order valence-corrected chi connectivity index (χ0v) is 17.0. The third-order valence-electron chi connectivity index (χ3n) is 4.46. The summed E-state index contributed by atoms with van der Waals surface area (Å²) in [5, 5.41) is 20.7. The van der Waals surface area contributed by atoms with Gasteiger partial charge < -0.3 is 10.6 Å². The van der Waals surface area contributed by atoms with E-state index < -0.39 is 30.7 Å². The van der Waals surface area contributed by atoms with Crippen molar-refractivity contribution in [1.82, 2.24) is 34.0 Å². The average molecular weight is 449 g/mol. The number of hydrogen-bond acceptors (Lipinski definition) is 7. The number of nitrogens with zero attached hydrogens (tertiary/aromatic N) is 7. The number of aromatic nitrogens is 7. The fourth-order valence-corrected chi connectivity index (χ4v) is 3.03. The van der Waals surface area contributed by atoms with Gasteiger partial charge >= 0.3 is 6.18 Å². The first-order valence-corrected chi connectivity index (χ1v) is 9.51. The summed E-state index contributed by atoms with van der Waals surface area (Å²) < 4.78 is 41.3. The van der Waals surface area contributed by atoms with Crippen LogP contribution < -0.4 is 16.2 Å². The number of pyridine rings is 1. The first kappa shape index (κ1) is 21.3. The summed E-state index contributed by atoms with van der Waals surface area (Å²) in [4.78, 5) is 25.4. The summed E-state index contributed by atoms with van der Waals surface area (Å²) in [6.07, 6.45) is -1.35. The number of alkyl halides is 3. The van der Waals surface area contributed by atoms with E-state index in [2.05, 4.69) is 31.0 Å². The molecular weight excluding hydrogens is 431 g/mol. The normalized spacial score (nSPS) is 12.1. The molecule has 4 aromatic heterocycles. The van der Waals surface area contributed by atoms with Crippen molar-refractivity contribution in [1.29, 1.82) is 0 Å². The minimum Gasteiger partial charge on any atom is -0.360 e. The Balaban J connectivity index is 1.61. The van der Waals surface area contributed by atoms with Gasteiger partial charge in [-0.15, -0.1) is 15.3 Å². The molecule has 4 rings (SSSR count). The second-order valence-corrected chi connectivity index (χ2v) is 7.33. The maximum Gasteiger partial charge on any atom is 0.405 e. The maximum absolute atomic E-state index is 12.8. The fraction of sp³-hybridized carbons (Fsp3) is 0.333. The molecule has 0 aromatic carbocycles. The van der Waals surface area contributed by atoms with Gasteiger partial charge in [0.1, 0.15) is 30.8 Å². The van der Waals surface area contributed by atoms with Crippen LogP contribution in [0, 0.1) is 0 Å². The van der Waals surface area contributed by atoms with Gasteiger partial charge in [-0.25, -0.2) is 9.20 Å². The highest BCUT2D eigenvalue weighted by molar-refractivity contribution is 5.90. The molecule has 0 spiro atoms. The van der Waals surface area contributed by atoms with Crippen molar-refractivity contribution >= 4 is 28.6 Å². The van der Waals surface area contributed by atoms with Gasteiger partial charge in [0.2, 0.25) is 5.91 Å². The predicted octanol–water partition coefficient (Wildman–Crippen LogP) is 1.67. The number of anilines is 2. The molecule has 11 nitrogen and oxygen atoms in total. The Hall–Kier alpha value is -3.97. The summed E-state index contributed by atoms with van der Waals surface area (Å²) in [6, 6.07) is 4.50. The number of nitrogens with one attached hydrogen (secondary N) is 2. The van der Waals surface area contributed by atoms with E-state index in [-0.39, 0.29) is 17.3 Å². The lowest BCUT2D eigenvalue weighted by molar-refractivity contribution is -0.117. The van der Waals surface area contributed by atoms with Crippen LogP contribution in [0.15, 0.2) is 35.5 Å².